The first-order valence-electron chi connectivity index (χ1n) is 6.03. The average molecular weight is 281 g/mol. The molecule has 1 aliphatic heterocycles. The van der Waals surface area contributed by atoms with Crippen molar-refractivity contribution < 1.29 is 9.90 Å². The molecule has 1 aliphatic carbocycles. The van der Waals surface area contributed by atoms with Gasteiger partial charge in [-0.3, -0.25) is 9.78 Å². The fraction of sp³-hybridized carbons (Fsp3) is 0. The first kappa shape index (κ1) is 14.3. The van der Waals surface area contributed by atoms with E-state index >= 15 is 0 Å². The Labute approximate surface area is 120 Å². The van der Waals surface area contributed by atoms with Gasteiger partial charge in [-0.1, -0.05) is 12.1 Å². The minimum atomic E-state index is -1.17. The molecule has 0 saturated carbocycles. The molecule has 21 heavy (non-hydrogen) atoms. The van der Waals surface area contributed by atoms with Crippen LogP contribution in [-0.4, -0.2) is 26.3 Å². The maximum Gasteiger partial charge on any atom is 0.356 e. The lowest BCUT2D eigenvalue weighted by molar-refractivity contribution is 0.0689. The van der Waals surface area contributed by atoms with Crippen molar-refractivity contribution in [3.05, 3.63) is 76.8 Å². The minimum absolute atomic E-state index is 0.189. The van der Waals surface area contributed by atoms with Gasteiger partial charge >= 0.3 is 5.97 Å². The number of aromatic carboxylic acids is 1. The normalized spacial score (nSPS) is 9.52. The van der Waals surface area contributed by atoms with E-state index in [4.69, 9.17) is 5.11 Å². The van der Waals surface area contributed by atoms with Crippen molar-refractivity contribution in [2.75, 3.05) is 0 Å². The molecule has 6 nitrogen and oxygen atoms in total. The Morgan fingerprint density at radius 1 is 0.905 bits per heavy atom. The summed E-state index contributed by atoms with van der Waals surface area (Å²) in [7, 11) is 0. The van der Waals surface area contributed by atoms with Crippen LogP contribution in [0.1, 0.15) is 10.5 Å². The summed E-state index contributed by atoms with van der Waals surface area (Å²) in [6.45, 7) is 0. The molecule has 6 heteroatoms. The van der Waals surface area contributed by atoms with Crippen LogP contribution in [0.3, 0.4) is 0 Å². The largest absolute Gasteiger partial charge is 0.476 e. The second kappa shape index (κ2) is 6.85. The van der Waals surface area contributed by atoms with E-state index in [0.29, 0.717) is 11.3 Å². The van der Waals surface area contributed by atoms with Gasteiger partial charge in [-0.15, -0.1) is 10.2 Å². The lowest BCUT2D eigenvalue weighted by atomic mass is 10.1. The predicted octanol–water partition coefficient (Wildman–Crippen LogP) is 1.72. The van der Waals surface area contributed by atoms with Crippen LogP contribution in [0, 0.1) is 0 Å². The van der Waals surface area contributed by atoms with E-state index in [1.54, 1.807) is 24.5 Å². The molecule has 0 radical (unpaired) electrons. The monoisotopic (exact) mass is 281 g/mol. The van der Waals surface area contributed by atoms with Gasteiger partial charge in [0.15, 0.2) is 11.1 Å². The molecule has 0 saturated heterocycles. The number of carboxylic acid groups (broad SMARTS) is 1. The van der Waals surface area contributed by atoms with Gasteiger partial charge < -0.3 is 5.11 Å². The maximum atomic E-state index is 11.4. The number of pyridine rings is 1. The lowest BCUT2D eigenvalue weighted by Crippen LogP contribution is -2.02. The Balaban J connectivity index is 0.000000225. The van der Waals surface area contributed by atoms with Crippen molar-refractivity contribution >= 4 is 5.97 Å². The molecular formula is C15H11N3O3. The van der Waals surface area contributed by atoms with E-state index in [-0.39, 0.29) is 11.1 Å². The van der Waals surface area contributed by atoms with Gasteiger partial charge in [0.25, 0.3) is 0 Å². The molecule has 2 heterocycles. The number of aromatic nitrogens is 3. The zero-order chi connectivity index (χ0) is 15.1. The van der Waals surface area contributed by atoms with Crippen molar-refractivity contribution in [1.82, 2.24) is 15.2 Å². The molecule has 2 aliphatic rings. The minimum Gasteiger partial charge on any atom is -0.476 e. The van der Waals surface area contributed by atoms with E-state index in [1.807, 2.05) is 18.2 Å². The van der Waals surface area contributed by atoms with Crippen LogP contribution in [0.4, 0.5) is 0 Å². The quantitative estimate of drug-likeness (QED) is 0.730. The average Bonchev–Trinajstić information content (AvgIpc) is 2.73. The Kier molecular flexibility index (Phi) is 4.66. The van der Waals surface area contributed by atoms with Crippen LogP contribution < -0.4 is 5.43 Å². The number of rotatable bonds is 1. The molecule has 1 aromatic heterocycles. The van der Waals surface area contributed by atoms with Gasteiger partial charge in [-0.25, -0.2) is 4.79 Å². The predicted molar refractivity (Wildman–Crippen MR) is 76.1 cm³/mol. The Morgan fingerprint density at radius 3 is 2.24 bits per heavy atom. The van der Waals surface area contributed by atoms with Gasteiger partial charge in [0.1, 0.15) is 0 Å². The standard InChI is InChI=1S/C10H6N2O3.C5H5N/c13-9-3-1-2-7-6(9)4-5-8(10(14)15)12-11-7;1-2-4-6-5-3-1/h1-5H,(H,14,15);1-5H. The number of nitrogens with zero attached hydrogens (tertiary/aromatic N) is 3. The Bertz CT molecular complexity index is 736. The van der Waals surface area contributed by atoms with Crippen LogP contribution in [-0.2, 0) is 0 Å². The van der Waals surface area contributed by atoms with E-state index < -0.39 is 5.97 Å². The van der Waals surface area contributed by atoms with Gasteiger partial charge in [0.05, 0.1) is 5.69 Å². The third kappa shape index (κ3) is 3.90. The van der Waals surface area contributed by atoms with Gasteiger partial charge in [0, 0.05) is 18.0 Å². The molecule has 0 spiro atoms. The zero-order valence-electron chi connectivity index (χ0n) is 10.9. The summed E-state index contributed by atoms with van der Waals surface area (Å²) in [5, 5.41) is 15.9. The number of fused-ring (bicyclic) bond motifs is 1. The summed E-state index contributed by atoms with van der Waals surface area (Å²) in [5.74, 6) is -1.17. The number of hydrogen-bond acceptors (Lipinski definition) is 5. The molecule has 0 atom stereocenters. The molecule has 0 bridgehead atoms. The number of hydrogen-bond donors (Lipinski definition) is 1. The van der Waals surface area contributed by atoms with E-state index in [2.05, 4.69) is 15.2 Å². The van der Waals surface area contributed by atoms with Crippen molar-refractivity contribution in [3.63, 3.8) is 0 Å². The zero-order valence-corrected chi connectivity index (χ0v) is 10.9. The fourth-order valence-electron chi connectivity index (χ4n) is 1.52. The molecular weight excluding hydrogens is 270 g/mol. The van der Waals surface area contributed by atoms with Gasteiger partial charge in [-0.2, -0.15) is 0 Å². The topological polar surface area (TPSA) is 93.0 Å². The van der Waals surface area contributed by atoms with Gasteiger partial charge in [0.2, 0.25) is 0 Å². The molecule has 0 aromatic carbocycles. The SMILES string of the molecule is O=C(O)c1ccc2c(=O)cccc-2nn1.c1ccncc1. The molecule has 0 unspecified atom stereocenters. The molecule has 3 rings (SSSR count). The summed E-state index contributed by atoms with van der Waals surface area (Å²) in [5.41, 5.74) is 0.354. The lowest BCUT2D eigenvalue weighted by Gasteiger charge is -1.92. The fourth-order valence-corrected chi connectivity index (χ4v) is 1.52. The second-order valence-corrected chi connectivity index (χ2v) is 3.94. The maximum absolute atomic E-state index is 11.4. The van der Waals surface area contributed by atoms with Crippen LogP contribution in [0.15, 0.2) is 65.7 Å². The first-order chi connectivity index (χ1) is 10.2. The van der Waals surface area contributed by atoms with Crippen LogP contribution in [0.2, 0.25) is 0 Å². The summed E-state index contributed by atoms with van der Waals surface area (Å²) >= 11 is 0. The summed E-state index contributed by atoms with van der Waals surface area (Å²) in [6, 6.07) is 13.0. The number of benzene rings is 1. The summed E-state index contributed by atoms with van der Waals surface area (Å²) in [4.78, 5) is 25.8. The van der Waals surface area contributed by atoms with Crippen LogP contribution >= 0.6 is 0 Å². The molecule has 0 fully saturated rings. The van der Waals surface area contributed by atoms with Crippen molar-refractivity contribution in [1.29, 1.82) is 0 Å². The van der Waals surface area contributed by atoms with E-state index in [0.717, 1.165) is 0 Å². The molecule has 1 N–H and O–H groups in total. The van der Waals surface area contributed by atoms with Crippen molar-refractivity contribution in [3.8, 4) is 11.3 Å². The van der Waals surface area contributed by atoms with Gasteiger partial charge in [-0.05, 0) is 36.4 Å². The summed E-state index contributed by atoms with van der Waals surface area (Å²) < 4.78 is 0. The van der Waals surface area contributed by atoms with Crippen LogP contribution in [0.5, 0.6) is 0 Å². The highest BCUT2D eigenvalue weighted by molar-refractivity contribution is 5.85. The third-order valence-corrected chi connectivity index (χ3v) is 2.50. The van der Waals surface area contributed by atoms with E-state index in [9.17, 15) is 9.59 Å². The molecule has 0 amide bonds. The molecule has 1 aromatic rings. The van der Waals surface area contributed by atoms with Crippen molar-refractivity contribution in [2.24, 2.45) is 0 Å². The Morgan fingerprint density at radius 2 is 1.67 bits per heavy atom. The number of carboxylic acids is 1. The Hall–Kier alpha value is -3.15. The summed E-state index contributed by atoms with van der Waals surface area (Å²) in [6.07, 6.45) is 3.50. The molecule has 104 valence electrons. The second-order valence-electron chi connectivity index (χ2n) is 3.94. The highest BCUT2D eigenvalue weighted by atomic mass is 16.4. The third-order valence-electron chi connectivity index (χ3n) is 2.50. The van der Waals surface area contributed by atoms with Crippen molar-refractivity contribution in [2.45, 2.75) is 0 Å². The highest BCUT2D eigenvalue weighted by Crippen LogP contribution is 2.11. The van der Waals surface area contributed by atoms with Crippen LogP contribution in [0.25, 0.3) is 11.3 Å². The van der Waals surface area contributed by atoms with E-state index in [1.165, 1.54) is 18.2 Å². The number of carbonyl (C=O) groups is 1. The smallest absolute Gasteiger partial charge is 0.356 e. The highest BCUT2D eigenvalue weighted by Gasteiger charge is 2.08. The first-order valence-corrected chi connectivity index (χ1v) is 6.03.